The van der Waals surface area contributed by atoms with Crippen molar-refractivity contribution < 1.29 is 8.42 Å². The summed E-state index contributed by atoms with van der Waals surface area (Å²) in [5.41, 5.74) is 0. The van der Waals surface area contributed by atoms with Crippen LogP contribution in [-0.2, 0) is 16.4 Å². The molecule has 2 aromatic rings. The van der Waals surface area contributed by atoms with E-state index in [0.29, 0.717) is 30.9 Å². The molecule has 1 fully saturated rings. The molecule has 6 heteroatoms. The Hall–Kier alpha value is -0.620. The maximum Gasteiger partial charge on any atom is 0.150 e. The van der Waals surface area contributed by atoms with E-state index in [1.165, 1.54) is 4.70 Å². The van der Waals surface area contributed by atoms with Crippen molar-refractivity contribution in [1.29, 1.82) is 0 Å². The molecular weight excluding hydrogens is 314 g/mol. The molecule has 2 heterocycles. The molecule has 1 aromatic heterocycles. The van der Waals surface area contributed by atoms with E-state index in [4.69, 9.17) is 11.6 Å². The number of thiophene rings is 1. The second-order valence-corrected chi connectivity index (χ2v) is 8.96. The first-order valence-electron chi connectivity index (χ1n) is 6.65. The van der Waals surface area contributed by atoms with E-state index in [2.05, 4.69) is 11.4 Å². The first kappa shape index (κ1) is 14.3. The van der Waals surface area contributed by atoms with Crippen LogP contribution < -0.4 is 5.32 Å². The summed E-state index contributed by atoms with van der Waals surface area (Å²) < 4.78 is 24.0. The molecule has 0 bridgehead atoms. The monoisotopic (exact) mass is 329 g/mol. The SMILES string of the molecule is O=S1(=O)CCC(NCc2sc3ccccc3c2Cl)CC1. The fraction of sp³-hybridized carbons (Fsp3) is 0.429. The lowest BCUT2D eigenvalue weighted by molar-refractivity contribution is 0.465. The minimum Gasteiger partial charge on any atom is -0.309 e. The highest BCUT2D eigenvalue weighted by Crippen LogP contribution is 2.35. The van der Waals surface area contributed by atoms with E-state index in [1.807, 2.05) is 18.2 Å². The van der Waals surface area contributed by atoms with Crippen LogP contribution >= 0.6 is 22.9 Å². The summed E-state index contributed by atoms with van der Waals surface area (Å²) in [5.74, 6) is 0.593. The smallest absolute Gasteiger partial charge is 0.150 e. The lowest BCUT2D eigenvalue weighted by Gasteiger charge is -2.22. The zero-order chi connectivity index (χ0) is 14.2. The maximum atomic E-state index is 11.4. The second-order valence-electron chi connectivity index (χ2n) is 5.14. The molecule has 1 N–H and O–H groups in total. The van der Waals surface area contributed by atoms with Crippen LogP contribution in [0.2, 0.25) is 5.02 Å². The van der Waals surface area contributed by atoms with Gasteiger partial charge in [-0.3, -0.25) is 0 Å². The number of sulfone groups is 1. The number of nitrogens with one attached hydrogen (secondary N) is 1. The molecule has 1 aliphatic heterocycles. The van der Waals surface area contributed by atoms with Gasteiger partial charge < -0.3 is 5.32 Å². The summed E-state index contributed by atoms with van der Waals surface area (Å²) in [7, 11) is -2.79. The van der Waals surface area contributed by atoms with Gasteiger partial charge in [-0.15, -0.1) is 11.3 Å². The molecule has 3 rings (SSSR count). The van der Waals surface area contributed by atoms with Crippen LogP contribution in [0.15, 0.2) is 24.3 Å². The van der Waals surface area contributed by atoms with Gasteiger partial charge in [0.15, 0.2) is 0 Å². The quantitative estimate of drug-likeness (QED) is 0.940. The molecule has 0 spiro atoms. The Balaban J connectivity index is 1.67. The summed E-state index contributed by atoms with van der Waals surface area (Å²) in [5, 5.41) is 5.36. The number of fused-ring (bicyclic) bond motifs is 1. The number of hydrogen-bond acceptors (Lipinski definition) is 4. The Labute approximate surface area is 127 Å². The summed E-state index contributed by atoms with van der Waals surface area (Å²) >= 11 is 8.09. The van der Waals surface area contributed by atoms with Crippen LogP contribution in [-0.4, -0.2) is 26.0 Å². The van der Waals surface area contributed by atoms with Crippen molar-refractivity contribution in [2.24, 2.45) is 0 Å². The molecule has 108 valence electrons. The third kappa shape index (κ3) is 3.01. The van der Waals surface area contributed by atoms with Gasteiger partial charge in [0.2, 0.25) is 0 Å². The van der Waals surface area contributed by atoms with Gasteiger partial charge in [0, 0.05) is 27.5 Å². The van der Waals surface area contributed by atoms with Gasteiger partial charge in [0.05, 0.1) is 16.5 Å². The van der Waals surface area contributed by atoms with E-state index in [-0.39, 0.29) is 6.04 Å². The topological polar surface area (TPSA) is 46.2 Å². The largest absolute Gasteiger partial charge is 0.309 e. The van der Waals surface area contributed by atoms with Crippen molar-refractivity contribution in [3.05, 3.63) is 34.2 Å². The third-order valence-electron chi connectivity index (χ3n) is 3.71. The van der Waals surface area contributed by atoms with Gasteiger partial charge in [0.1, 0.15) is 9.84 Å². The predicted molar refractivity (Wildman–Crippen MR) is 85.4 cm³/mol. The summed E-state index contributed by atoms with van der Waals surface area (Å²) in [4.78, 5) is 1.13. The fourth-order valence-corrected chi connectivity index (χ4v) is 5.45. The van der Waals surface area contributed by atoms with Gasteiger partial charge in [0.25, 0.3) is 0 Å². The zero-order valence-corrected chi connectivity index (χ0v) is 13.3. The number of benzene rings is 1. The lowest BCUT2D eigenvalue weighted by Crippen LogP contribution is -2.37. The highest BCUT2D eigenvalue weighted by Gasteiger charge is 2.23. The minimum atomic E-state index is -2.79. The van der Waals surface area contributed by atoms with Crippen molar-refractivity contribution in [3.63, 3.8) is 0 Å². The van der Waals surface area contributed by atoms with E-state index in [1.54, 1.807) is 11.3 Å². The summed E-state index contributed by atoms with van der Waals surface area (Å²) in [6.45, 7) is 0.711. The van der Waals surface area contributed by atoms with Gasteiger partial charge in [-0.2, -0.15) is 0 Å². The van der Waals surface area contributed by atoms with Crippen molar-refractivity contribution in [2.45, 2.75) is 25.4 Å². The lowest BCUT2D eigenvalue weighted by atomic mass is 10.1. The second kappa shape index (κ2) is 5.64. The van der Waals surface area contributed by atoms with Crippen molar-refractivity contribution in [1.82, 2.24) is 5.32 Å². The molecule has 0 saturated carbocycles. The molecular formula is C14H16ClNO2S2. The van der Waals surface area contributed by atoms with Crippen molar-refractivity contribution >= 4 is 42.9 Å². The number of rotatable bonds is 3. The Kier molecular flexibility index (Phi) is 4.04. The molecule has 1 saturated heterocycles. The predicted octanol–water partition coefficient (Wildman–Crippen LogP) is 3.22. The van der Waals surface area contributed by atoms with Crippen LogP contribution in [0.25, 0.3) is 10.1 Å². The van der Waals surface area contributed by atoms with E-state index >= 15 is 0 Å². The van der Waals surface area contributed by atoms with E-state index in [9.17, 15) is 8.42 Å². The van der Waals surface area contributed by atoms with Gasteiger partial charge in [-0.05, 0) is 18.9 Å². The molecule has 1 aromatic carbocycles. The molecule has 3 nitrogen and oxygen atoms in total. The van der Waals surface area contributed by atoms with Crippen molar-refractivity contribution in [3.8, 4) is 0 Å². The summed E-state index contributed by atoms with van der Waals surface area (Å²) in [6, 6.07) is 8.38. The fourth-order valence-electron chi connectivity index (χ4n) is 2.51. The number of hydrogen-bond donors (Lipinski definition) is 1. The zero-order valence-electron chi connectivity index (χ0n) is 10.9. The molecule has 0 unspecified atom stereocenters. The average Bonchev–Trinajstić information content (AvgIpc) is 2.75. The standard InChI is InChI=1S/C14H16ClNO2S2/c15-14-11-3-1-2-4-12(11)19-13(14)9-16-10-5-7-20(17,18)8-6-10/h1-4,10,16H,5-9H2. The van der Waals surface area contributed by atoms with Crippen LogP contribution in [0.4, 0.5) is 0 Å². The van der Waals surface area contributed by atoms with Crippen LogP contribution in [0.3, 0.4) is 0 Å². The van der Waals surface area contributed by atoms with E-state index in [0.717, 1.165) is 15.3 Å². The molecule has 1 aliphatic rings. The van der Waals surface area contributed by atoms with E-state index < -0.39 is 9.84 Å². The third-order valence-corrected chi connectivity index (χ3v) is 7.14. The molecule has 20 heavy (non-hydrogen) atoms. The van der Waals surface area contributed by atoms with Gasteiger partial charge in [-0.1, -0.05) is 29.8 Å². The Morgan fingerprint density at radius 3 is 2.65 bits per heavy atom. The Morgan fingerprint density at radius 1 is 1.25 bits per heavy atom. The summed E-state index contributed by atoms with van der Waals surface area (Å²) in [6.07, 6.45) is 1.40. The highest BCUT2D eigenvalue weighted by molar-refractivity contribution is 7.91. The Bertz CT molecular complexity index is 710. The highest BCUT2D eigenvalue weighted by atomic mass is 35.5. The van der Waals surface area contributed by atoms with Crippen LogP contribution in [0.5, 0.6) is 0 Å². The number of halogens is 1. The molecule has 0 radical (unpaired) electrons. The van der Waals surface area contributed by atoms with Gasteiger partial charge >= 0.3 is 0 Å². The van der Waals surface area contributed by atoms with Crippen molar-refractivity contribution in [2.75, 3.05) is 11.5 Å². The van der Waals surface area contributed by atoms with Gasteiger partial charge in [-0.25, -0.2) is 8.42 Å². The van der Waals surface area contributed by atoms with Crippen LogP contribution in [0, 0.1) is 0 Å². The normalized spacial score (nSPS) is 19.4. The minimum absolute atomic E-state index is 0.278. The molecule has 0 atom stereocenters. The first-order valence-corrected chi connectivity index (χ1v) is 9.66. The average molecular weight is 330 g/mol. The molecule has 0 aliphatic carbocycles. The molecule has 0 amide bonds. The Morgan fingerprint density at radius 2 is 1.95 bits per heavy atom. The first-order chi connectivity index (χ1) is 9.55. The van der Waals surface area contributed by atoms with Crippen LogP contribution in [0.1, 0.15) is 17.7 Å². The maximum absolute atomic E-state index is 11.4.